The summed E-state index contributed by atoms with van der Waals surface area (Å²) in [7, 11) is 0. The number of nitrogens with zero attached hydrogens (tertiary/aromatic N) is 2. The van der Waals surface area contributed by atoms with Crippen molar-refractivity contribution >= 4 is 23.4 Å². The van der Waals surface area contributed by atoms with Crippen LogP contribution in [0.2, 0.25) is 0 Å². The molecule has 0 spiro atoms. The molecule has 19 heavy (non-hydrogen) atoms. The summed E-state index contributed by atoms with van der Waals surface area (Å²) in [6, 6.07) is 3.75. The first-order valence-electron chi connectivity index (χ1n) is 5.43. The zero-order chi connectivity index (χ0) is 14.2. The molecule has 0 atom stereocenters. The number of imide groups is 1. The fourth-order valence-corrected chi connectivity index (χ4v) is 1.73. The summed E-state index contributed by atoms with van der Waals surface area (Å²) in [6.07, 6.45) is 0.0789. The standard InChI is InChI=1S/C11H9N3O5/c1-2-8(15)12-13-10(16)6-4-3-5-7(14(18)19)9(6)11(13)17/h3-5H,2H2,1H3,(H,12,15). The van der Waals surface area contributed by atoms with Gasteiger partial charge in [0.15, 0.2) is 0 Å². The number of carbonyl (C=O) groups is 3. The van der Waals surface area contributed by atoms with Crippen molar-refractivity contribution in [2.24, 2.45) is 0 Å². The van der Waals surface area contributed by atoms with Crippen molar-refractivity contribution in [3.05, 3.63) is 39.4 Å². The summed E-state index contributed by atoms with van der Waals surface area (Å²) in [4.78, 5) is 45.2. The van der Waals surface area contributed by atoms with E-state index in [0.29, 0.717) is 5.01 Å². The van der Waals surface area contributed by atoms with Gasteiger partial charge in [0.25, 0.3) is 17.5 Å². The first kappa shape index (κ1) is 12.7. The number of hydrazine groups is 1. The van der Waals surface area contributed by atoms with Gasteiger partial charge in [-0.3, -0.25) is 29.9 Å². The van der Waals surface area contributed by atoms with Crippen LogP contribution in [0.25, 0.3) is 0 Å². The molecule has 1 aromatic rings. The van der Waals surface area contributed by atoms with Gasteiger partial charge in [-0.25, -0.2) is 0 Å². The van der Waals surface area contributed by atoms with Crippen LogP contribution < -0.4 is 5.43 Å². The molecular formula is C11H9N3O5. The lowest BCUT2D eigenvalue weighted by Gasteiger charge is -2.13. The van der Waals surface area contributed by atoms with Gasteiger partial charge in [0, 0.05) is 12.5 Å². The zero-order valence-corrected chi connectivity index (χ0v) is 9.87. The first-order valence-corrected chi connectivity index (χ1v) is 5.43. The molecule has 2 rings (SSSR count). The lowest BCUT2D eigenvalue weighted by atomic mass is 10.1. The van der Waals surface area contributed by atoms with Crippen molar-refractivity contribution in [1.82, 2.24) is 10.4 Å². The van der Waals surface area contributed by atoms with Crippen LogP contribution in [0.15, 0.2) is 18.2 Å². The molecule has 1 aromatic carbocycles. The molecule has 1 aliphatic rings. The third-order valence-electron chi connectivity index (χ3n) is 2.65. The van der Waals surface area contributed by atoms with E-state index in [1.165, 1.54) is 12.1 Å². The maximum absolute atomic E-state index is 12.0. The fraction of sp³-hybridized carbons (Fsp3) is 0.182. The van der Waals surface area contributed by atoms with E-state index >= 15 is 0 Å². The molecule has 0 saturated carbocycles. The minimum Gasteiger partial charge on any atom is -0.273 e. The van der Waals surface area contributed by atoms with Gasteiger partial charge in [0.1, 0.15) is 5.56 Å². The molecule has 0 unspecified atom stereocenters. The summed E-state index contributed by atoms with van der Waals surface area (Å²) >= 11 is 0. The molecule has 0 saturated heterocycles. The molecule has 0 bridgehead atoms. The van der Waals surface area contributed by atoms with Crippen LogP contribution in [0.1, 0.15) is 34.1 Å². The van der Waals surface area contributed by atoms with Crippen molar-refractivity contribution in [3.63, 3.8) is 0 Å². The van der Waals surface area contributed by atoms with Crippen molar-refractivity contribution in [1.29, 1.82) is 0 Å². The predicted molar refractivity (Wildman–Crippen MR) is 62.0 cm³/mol. The second-order valence-corrected chi connectivity index (χ2v) is 3.79. The monoisotopic (exact) mass is 263 g/mol. The maximum atomic E-state index is 12.0. The highest BCUT2D eigenvalue weighted by atomic mass is 16.6. The molecule has 0 aromatic heterocycles. The zero-order valence-electron chi connectivity index (χ0n) is 9.87. The summed E-state index contributed by atoms with van der Waals surface area (Å²) in [5.74, 6) is -2.20. The van der Waals surface area contributed by atoms with E-state index in [1.54, 1.807) is 6.92 Å². The molecule has 0 fully saturated rings. The molecule has 1 N–H and O–H groups in total. The fourth-order valence-electron chi connectivity index (χ4n) is 1.73. The predicted octanol–water partition coefficient (Wildman–Crippen LogP) is 0.632. The van der Waals surface area contributed by atoms with Gasteiger partial charge in [-0.05, 0) is 6.07 Å². The van der Waals surface area contributed by atoms with Crippen LogP contribution in [-0.2, 0) is 4.79 Å². The molecule has 98 valence electrons. The highest BCUT2D eigenvalue weighted by Crippen LogP contribution is 2.29. The number of nitro benzene ring substituents is 1. The maximum Gasteiger partial charge on any atom is 0.287 e. The molecular weight excluding hydrogens is 254 g/mol. The molecule has 8 nitrogen and oxygen atoms in total. The van der Waals surface area contributed by atoms with E-state index in [4.69, 9.17) is 0 Å². The minimum absolute atomic E-state index is 0.0789. The van der Waals surface area contributed by atoms with Crippen LogP contribution in [0.3, 0.4) is 0 Å². The Morgan fingerprint density at radius 1 is 1.37 bits per heavy atom. The van der Waals surface area contributed by atoms with E-state index in [9.17, 15) is 24.5 Å². The smallest absolute Gasteiger partial charge is 0.273 e. The van der Waals surface area contributed by atoms with Crippen LogP contribution in [0.4, 0.5) is 5.69 Å². The summed E-state index contributed by atoms with van der Waals surface area (Å²) in [5, 5.41) is 11.3. The summed E-state index contributed by atoms with van der Waals surface area (Å²) in [5.41, 5.74) is 1.27. The average molecular weight is 263 g/mol. The second kappa shape index (κ2) is 4.48. The van der Waals surface area contributed by atoms with Crippen molar-refractivity contribution in [2.75, 3.05) is 0 Å². The average Bonchev–Trinajstić information content (AvgIpc) is 2.63. The van der Waals surface area contributed by atoms with Gasteiger partial charge >= 0.3 is 0 Å². The van der Waals surface area contributed by atoms with E-state index in [-0.39, 0.29) is 17.5 Å². The Kier molecular flexibility index (Phi) is 2.99. The quantitative estimate of drug-likeness (QED) is 0.488. The van der Waals surface area contributed by atoms with Crippen LogP contribution in [-0.4, -0.2) is 27.7 Å². The van der Waals surface area contributed by atoms with Crippen LogP contribution in [0, 0.1) is 10.1 Å². The van der Waals surface area contributed by atoms with Crippen molar-refractivity contribution < 1.29 is 19.3 Å². The van der Waals surface area contributed by atoms with E-state index < -0.39 is 28.3 Å². The van der Waals surface area contributed by atoms with Crippen molar-refractivity contribution in [2.45, 2.75) is 13.3 Å². The van der Waals surface area contributed by atoms with E-state index in [1.807, 2.05) is 0 Å². The van der Waals surface area contributed by atoms with Gasteiger partial charge < -0.3 is 0 Å². The Labute approximate surface area is 107 Å². The highest BCUT2D eigenvalue weighted by Gasteiger charge is 2.41. The number of hydrogen-bond acceptors (Lipinski definition) is 5. The van der Waals surface area contributed by atoms with Crippen molar-refractivity contribution in [3.8, 4) is 0 Å². The van der Waals surface area contributed by atoms with Crippen LogP contribution in [0.5, 0.6) is 0 Å². The number of carbonyl (C=O) groups excluding carboxylic acids is 3. The van der Waals surface area contributed by atoms with Gasteiger partial charge in [0.05, 0.1) is 10.5 Å². The van der Waals surface area contributed by atoms with Gasteiger partial charge in [-0.2, -0.15) is 5.01 Å². The van der Waals surface area contributed by atoms with E-state index in [2.05, 4.69) is 5.43 Å². The lowest BCUT2D eigenvalue weighted by Crippen LogP contribution is -2.45. The Morgan fingerprint density at radius 2 is 2.05 bits per heavy atom. The summed E-state index contributed by atoms with van der Waals surface area (Å²) in [6.45, 7) is 1.55. The molecule has 8 heteroatoms. The van der Waals surface area contributed by atoms with Gasteiger partial charge in [-0.15, -0.1) is 0 Å². The third-order valence-corrected chi connectivity index (χ3v) is 2.65. The Hall–Kier alpha value is -2.77. The number of nitro groups is 1. The number of hydrogen-bond donors (Lipinski definition) is 1. The molecule has 1 aliphatic heterocycles. The number of amides is 3. The lowest BCUT2D eigenvalue weighted by molar-refractivity contribution is -0.385. The molecule has 3 amide bonds. The van der Waals surface area contributed by atoms with Gasteiger partial charge in [0.2, 0.25) is 5.91 Å². The Morgan fingerprint density at radius 3 is 2.63 bits per heavy atom. The molecule has 1 heterocycles. The number of fused-ring (bicyclic) bond motifs is 1. The largest absolute Gasteiger partial charge is 0.287 e. The second-order valence-electron chi connectivity index (χ2n) is 3.79. The summed E-state index contributed by atoms with van der Waals surface area (Å²) < 4.78 is 0. The Bertz CT molecular complexity index is 610. The van der Waals surface area contributed by atoms with E-state index in [0.717, 1.165) is 6.07 Å². The molecule has 0 aliphatic carbocycles. The SMILES string of the molecule is CCC(=O)NN1C(=O)c2cccc([N+](=O)[O-])c2C1=O. The minimum atomic E-state index is -0.894. The van der Waals surface area contributed by atoms with Gasteiger partial charge in [-0.1, -0.05) is 13.0 Å². The number of benzene rings is 1. The van der Waals surface area contributed by atoms with Crippen LogP contribution >= 0.6 is 0 Å². The first-order chi connectivity index (χ1) is 8.97. The number of rotatable bonds is 3. The normalized spacial score (nSPS) is 13.4. The highest BCUT2D eigenvalue weighted by molar-refractivity contribution is 6.23. The third kappa shape index (κ3) is 1.92. The number of nitrogens with one attached hydrogen (secondary N) is 1. The Balaban J connectivity index is 2.47. The molecule has 0 radical (unpaired) electrons. The topological polar surface area (TPSA) is 110 Å².